The van der Waals surface area contributed by atoms with Crippen LogP contribution in [-0.2, 0) is 9.47 Å². The van der Waals surface area contributed by atoms with Crippen molar-refractivity contribution in [1.29, 1.82) is 0 Å². The fourth-order valence-corrected chi connectivity index (χ4v) is 3.18. The predicted octanol–water partition coefficient (Wildman–Crippen LogP) is 2.19. The molecule has 2 saturated heterocycles. The van der Waals surface area contributed by atoms with Gasteiger partial charge in [0, 0.05) is 18.5 Å². The van der Waals surface area contributed by atoms with E-state index in [2.05, 4.69) is 25.2 Å². The molecule has 3 heterocycles. The first kappa shape index (κ1) is 12.2. The van der Waals surface area contributed by atoms with Crippen molar-refractivity contribution in [2.45, 2.75) is 44.4 Å². The highest BCUT2D eigenvalue weighted by atomic mass is 16.6. The van der Waals surface area contributed by atoms with Gasteiger partial charge in [0.15, 0.2) is 0 Å². The first-order valence-corrected chi connectivity index (χ1v) is 6.57. The van der Waals surface area contributed by atoms with Gasteiger partial charge in [-0.2, -0.15) is 0 Å². The zero-order chi connectivity index (χ0) is 12.8. The van der Waals surface area contributed by atoms with Crippen LogP contribution in [0, 0.1) is 6.92 Å². The molecule has 0 aliphatic carbocycles. The molecule has 1 aromatic heterocycles. The number of aryl methyl sites for hydroxylation is 1. The number of rotatable bonds is 1. The molecule has 2 aliphatic heterocycles. The van der Waals surface area contributed by atoms with Crippen LogP contribution in [0.2, 0.25) is 0 Å². The van der Waals surface area contributed by atoms with E-state index in [4.69, 9.17) is 13.9 Å². The molecule has 100 valence electrons. The molecule has 2 atom stereocenters. The molecule has 2 unspecified atom stereocenters. The minimum absolute atomic E-state index is 0.115. The largest absolute Gasteiger partial charge is 0.469 e. The second-order valence-electron chi connectivity index (χ2n) is 6.02. The summed E-state index contributed by atoms with van der Waals surface area (Å²) < 4.78 is 17.4. The normalized spacial score (nSPS) is 35.2. The molecule has 3 rings (SSSR count). The smallest absolute Gasteiger partial charge is 0.114 e. The zero-order valence-corrected chi connectivity index (χ0v) is 11.3. The summed E-state index contributed by atoms with van der Waals surface area (Å²) in [7, 11) is 0. The molecule has 1 spiro atoms. The van der Waals surface area contributed by atoms with Crippen LogP contribution in [0.15, 0.2) is 16.7 Å². The van der Waals surface area contributed by atoms with Crippen LogP contribution >= 0.6 is 0 Å². The van der Waals surface area contributed by atoms with Crippen molar-refractivity contribution >= 4 is 0 Å². The number of hydrogen-bond acceptors (Lipinski definition) is 4. The number of furan rings is 1. The van der Waals surface area contributed by atoms with Crippen molar-refractivity contribution in [2.75, 3.05) is 19.8 Å². The third kappa shape index (κ3) is 1.98. The lowest BCUT2D eigenvalue weighted by Gasteiger charge is -2.41. The van der Waals surface area contributed by atoms with Crippen molar-refractivity contribution in [2.24, 2.45) is 0 Å². The van der Waals surface area contributed by atoms with Crippen molar-refractivity contribution in [3.8, 4) is 0 Å². The van der Waals surface area contributed by atoms with Crippen LogP contribution in [0.3, 0.4) is 0 Å². The Kier molecular flexibility index (Phi) is 2.77. The van der Waals surface area contributed by atoms with E-state index in [-0.39, 0.29) is 17.2 Å². The van der Waals surface area contributed by atoms with Gasteiger partial charge in [0.1, 0.15) is 11.4 Å². The SMILES string of the molecule is Cc1cc(C2NCCOC23COC(C)(C)C3)co1. The fourth-order valence-electron chi connectivity index (χ4n) is 3.18. The average Bonchev–Trinajstić information content (AvgIpc) is 2.85. The summed E-state index contributed by atoms with van der Waals surface area (Å²) in [5.74, 6) is 0.936. The van der Waals surface area contributed by atoms with Gasteiger partial charge in [-0.05, 0) is 26.8 Å². The predicted molar refractivity (Wildman–Crippen MR) is 67.5 cm³/mol. The highest BCUT2D eigenvalue weighted by Crippen LogP contribution is 2.44. The molecule has 0 bridgehead atoms. The van der Waals surface area contributed by atoms with E-state index in [1.807, 2.05) is 13.2 Å². The molecular formula is C14H21NO3. The Balaban J connectivity index is 1.91. The Morgan fingerprint density at radius 3 is 2.78 bits per heavy atom. The van der Waals surface area contributed by atoms with E-state index in [0.717, 1.165) is 30.9 Å². The summed E-state index contributed by atoms with van der Waals surface area (Å²) in [5, 5.41) is 3.55. The van der Waals surface area contributed by atoms with E-state index in [0.29, 0.717) is 6.61 Å². The minimum Gasteiger partial charge on any atom is -0.469 e. The molecule has 2 aliphatic rings. The summed E-state index contributed by atoms with van der Waals surface area (Å²) in [6, 6.07) is 2.24. The van der Waals surface area contributed by atoms with Crippen LogP contribution < -0.4 is 5.32 Å². The lowest BCUT2D eigenvalue weighted by atomic mass is 9.83. The van der Waals surface area contributed by atoms with Crippen molar-refractivity contribution < 1.29 is 13.9 Å². The monoisotopic (exact) mass is 251 g/mol. The zero-order valence-electron chi connectivity index (χ0n) is 11.3. The van der Waals surface area contributed by atoms with Crippen molar-refractivity contribution in [3.05, 3.63) is 23.7 Å². The molecule has 1 aromatic rings. The van der Waals surface area contributed by atoms with Gasteiger partial charge in [-0.25, -0.2) is 0 Å². The lowest BCUT2D eigenvalue weighted by molar-refractivity contribution is -0.0993. The topological polar surface area (TPSA) is 43.6 Å². The van der Waals surface area contributed by atoms with Gasteiger partial charge in [0.05, 0.1) is 31.1 Å². The maximum Gasteiger partial charge on any atom is 0.114 e. The van der Waals surface area contributed by atoms with Gasteiger partial charge in [-0.1, -0.05) is 0 Å². The first-order chi connectivity index (χ1) is 8.51. The van der Waals surface area contributed by atoms with Crippen LogP contribution in [-0.4, -0.2) is 31.0 Å². The molecule has 4 heteroatoms. The van der Waals surface area contributed by atoms with Gasteiger partial charge in [0.2, 0.25) is 0 Å². The quantitative estimate of drug-likeness (QED) is 0.831. The summed E-state index contributed by atoms with van der Waals surface area (Å²) >= 11 is 0. The third-order valence-electron chi connectivity index (χ3n) is 3.88. The number of ether oxygens (including phenoxy) is 2. The maximum atomic E-state index is 6.11. The molecule has 0 saturated carbocycles. The molecular weight excluding hydrogens is 230 g/mol. The van der Waals surface area contributed by atoms with E-state index >= 15 is 0 Å². The number of morpholine rings is 1. The van der Waals surface area contributed by atoms with Gasteiger partial charge in [0.25, 0.3) is 0 Å². The molecule has 18 heavy (non-hydrogen) atoms. The maximum absolute atomic E-state index is 6.11. The number of nitrogens with one attached hydrogen (secondary N) is 1. The molecule has 4 nitrogen and oxygen atoms in total. The van der Waals surface area contributed by atoms with Crippen LogP contribution in [0.4, 0.5) is 0 Å². The average molecular weight is 251 g/mol. The van der Waals surface area contributed by atoms with Gasteiger partial charge in [-0.15, -0.1) is 0 Å². The summed E-state index contributed by atoms with van der Waals surface area (Å²) in [6.07, 6.45) is 2.73. The van der Waals surface area contributed by atoms with Gasteiger partial charge < -0.3 is 19.2 Å². The lowest BCUT2D eigenvalue weighted by Crippen LogP contribution is -2.53. The Labute approximate surface area is 108 Å². The molecule has 0 radical (unpaired) electrons. The summed E-state index contributed by atoms with van der Waals surface area (Å²) in [6.45, 7) is 8.47. The van der Waals surface area contributed by atoms with Gasteiger partial charge >= 0.3 is 0 Å². The fraction of sp³-hybridized carbons (Fsp3) is 0.714. The van der Waals surface area contributed by atoms with Gasteiger partial charge in [-0.3, -0.25) is 0 Å². The standard InChI is InChI=1S/C14H21NO3/c1-10-6-11(7-16-10)12-14(17-5-4-15-12)8-13(2,3)18-9-14/h6-7,12,15H,4-5,8-9H2,1-3H3. The molecule has 0 aromatic carbocycles. The van der Waals surface area contributed by atoms with E-state index in [1.54, 1.807) is 0 Å². The minimum atomic E-state index is -0.252. The van der Waals surface area contributed by atoms with E-state index in [9.17, 15) is 0 Å². The molecule has 2 fully saturated rings. The second kappa shape index (κ2) is 4.08. The van der Waals surface area contributed by atoms with Crippen molar-refractivity contribution in [3.63, 3.8) is 0 Å². The Morgan fingerprint density at radius 2 is 2.17 bits per heavy atom. The van der Waals surface area contributed by atoms with E-state index in [1.165, 1.54) is 0 Å². The molecule has 0 amide bonds. The highest BCUT2D eigenvalue weighted by Gasteiger charge is 2.52. The Morgan fingerprint density at radius 1 is 1.33 bits per heavy atom. The second-order valence-corrected chi connectivity index (χ2v) is 6.02. The summed E-state index contributed by atoms with van der Waals surface area (Å²) in [4.78, 5) is 0. The Bertz CT molecular complexity index is 440. The number of hydrogen-bond donors (Lipinski definition) is 1. The molecule has 1 N–H and O–H groups in total. The van der Waals surface area contributed by atoms with E-state index < -0.39 is 0 Å². The Hall–Kier alpha value is -0.840. The first-order valence-electron chi connectivity index (χ1n) is 6.57. The van der Waals surface area contributed by atoms with Crippen LogP contribution in [0.5, 0.6) is 0 Å². The van der Waals surface area contributed by atoms with Crippen molar-refractivity contribution in [1.82, 2.24) is 5.32 Å². The summed E-state index contributed by atoms with van der Waals surface area (Å²) in [5.41, 5.74) is 0.794. The third-order valence-corrected chi connectivity index (χ3v) is 3.88. The van der Waals surface area contributed by atoms with Crippen LogP contribution in [0.25, 0.3) is 0 Å². The van der Waals surface area contributed by atoms with Crippen LogP contribution in [0.1, 0.15) is 37.6 Å². The highest BCUT2D eigenvalue weighted by molar-refractivity contribution is 5.23.